The molecule has 1 aliphatic rings. The topological polar surface area (TPSA) is 67.6 Å². The molecule has 1 amide bonds. The Morgan fingerprint density at radius 1 is 1.40 bits per heavy atom. The number of halogens is 2. The van der Waals surface area contributed by atoms with E-state index in [1.54, 1.807) is 25.1 Å². The molecule has 1 aromatic heterocycles. The fraction of sp³-hybridized carbons (Fsp3) is 0.412. The maximum atomic E-state index is 12.7. The second-order valence-electron chi connectivity index (χ2n) is 6.02. The van der Waals surface area contributed by atoms with Gasteiger partial charge in [-0.25, -0.2) is 0 Å². The third-order valence-corrected chi connectivity index (χ3v) is 4.75. The second-order valence-corrected chi connectivity index (χ2v) is 6.84. The largest absolute Gasteiger partial charge is 0.374 e. The van der Waals surface area contributed by atoms with Crippen LogP contribution in [0.15, 0.2) is 22.7 Å². The molecule has 1 atom stereocenters. The zero-order chi connectivity index (χ0) is 18.0. The molecule has 0 saturated carbocycles. The number of hydrogen-bond acceptors (Lipinski definition) is 5. The Balaban J connectivity index is 1.80. The molecule has 8 heteroatoms. The molecule has 1 fully saturated rings. The molecule has 6 nitrogen and oxygen atoms in total. The van der Waals surface area contributed by atoms with E-state index in [-0.39, 0.29) is 12.0 Å². The van der Waals surface area contributed by atoms with Crippen molar-refractivity contribution in [2.45, 2.75) is 13.0 Å². The zero-order valence-electron chi connectivity index (χ0n) is 14.0. The standard InChI is InChI=1S/C17H19Cl2N3O3/c1-10-14(17(23)20-8-11-9-22(2)6-7-24-11)16(21-25-10)15-12(18)4-3-5-13(15)19/h3-5,11H,6-9H2,1-2H3,(H,20,23). The molecule has 0 spiro atoms. The molecule has 134 valence electrons. The van der Waals surface area contributed by atoms with Gasteiger partial charge in [0.1, 0.15) is 17.0 Å². The Morgan fingerprint density at radius 3 is 2.80 bits per heavy atom. The highest BCUT2D eigenvalue weighted by Gasteiger charge is 2.26. The summed E-state index contributed by atoms with van der Waals surface area (Å²) >= 11 is 12.5. The van der Waals surface area contributed by atoms with Crippen LogP contribution in [0.25, 0.3) is 11.3 Å². The van der Waals surface area contributed by atoms with Crippen LogP contribution < -0.4 is 5.32 Å². The van der Waals surface area contributed by atoms with Crippen LogP contribution in [-0.2, 0) is 4.74 Å². The smallest absolute Gasteiger partial charge is 0.257 e. The van der Waals surface area contributed by atoms with Gasteiger partial charge in [-0.1, -0.05) is 34.4 Å². The highest BCUT2D eigenvalue weighted by atomic mass is 35.5. The first-order valence-corrected chi connectivity index (χ1v) is 8.72. The molecule has 0 bridgehead atoms. The Hall–Kier alpha value is -1.60. The minimum Gasteiger partial charge on any atom is -0.374 e. The van der Waals surface area contributed by atoms with Crippen molar-refractivity contribution in [1.82, 2.24) is 15.4 Å². The van der Waals surface area contributed by atoms with Gasteiger partial charge >= 0.3 is 0 Å². The second kappa shape index (κ2) is 7.74. The zero-order valence-corrected chi connectivity index (χ0v) is 15.5. The molecule has 1 N–H and O–H groups in total. The molecule has 1 unspecified atom stereocenters. The highest BCUT2D eigenvalue weighted by Crippen LogP contribution is 2.36. The van der Waals surface area contributed by atoms with E-state index >= 15 is 0 Å². The summed E-state index contributed by atoms with van der Waals surface area (Å²) in [6, 6.07) is 5.12. The summed E-state index contributed by atoms with van der Waals surface area (Å²) < 4.78 is 10.9. The lowest BCUT2D eigenvalue weighted by molar-refractivity contribution is -0.0175. The van der Waals surface area contributed by atoms with Crippen molar-refractivity contribution >= 4 is 29.1 Å². The molecular weight excluding hydrogens is 365 g/mol. The lowest BCUT2D eigenvalue weighted by atomic mass is 10.1. The van der Waals surface area contributed by atoms with Crippen LogP contribution in [0.4, 0.5) is 0 Å². The quantitative estimate of drug-likeness (QED) is 0.878. The first kappa shape index (κ1) is 18.2. The van der Waals surface area contributed by atoms with E-state index in [0.717, 1.165) is 13.1 Å². The van der Waals surface area contributed by atoms with Gasteiger partial charge in [-0.3, -0.25) is 4.79 Å². The molecule has 0 aliphatic carbocycles. The third kappa shape index (κ3) is 3.98. The first-order valence-electron chi connectivity index (χ1n) is 7.96. The normalized spacial score (nSPS) is 18.3. The van der Waals surface area contributed by atoms with Gasteiger partial charge in [-0.2, -0.15) is 0 Å². The van der Waals surface area contributed by atoms with Gasteiger partial charge in [0.25, 0.3) is 5.91 Å². The Kier molecular flexibility index (Phi) is 5.64. The molecule has 3 rings (SSSR count). The van der Waals surface area contributed by atoms with E-state index in [2.05, 4.69) is 15.4 Å². The number of ether oxygens (including phenoxy) is 1. The van der Waals surface area contributed by atoms with Gasteiger partial charge in [0.2, 0.25) is 0 Å². The van der Waals surface area contributed by atoms with Crippen molar-refractivity contribution in [2.75, 3.05) is 33.3 Å². The number of nitrogens with zero attached hydrogens (tertiary/aromatic N) is 2. The summed E-state index contributed by atoms with van der Waals surface area (Å²) in [7, 11) is 2.03. The molecule has 1 aliphatic heterocycles. The van der Waals surface area contributed by atoms with E-state index in [0.29, 0.717) is 45.8 Å². The van der Waals surface area contributed by atoms with E-state index in [4.69, 9.17) is 32.5 Å². The van der Waals surface area contributed by atoms with E-state index < -0.39 is 0 Å². The molecular formula is C17H19Cl2N3O3. The van der Waals surface area contributed by atoms with Crippen LogP contribution in [0.5, 0.6) is 0 Å². The van der Waals surface area contributed by atoms with Crippen molar-refractivity contribution in [3.05, 3.63) is 39.6 Å². The average molecular weight is 384 g/mol. The van der Waals surface area contributed by atoms with E-state index in [1.165, 1.54) is 0 Å². The van der Waals surface area contributed by atoms with E-state index in [1.807, 2.05) is 7.05 Å². The maximum Gasteiger partial charge on any atom is 0.257 e. The fourth-order valence-electron chi connectivity index (χ4n) is 2.82. The summed E-state index contributed by atoms with van der Waals surface area (Å²) in [5.74, 6) is 0.117. The lowest BCUT2D eigenvalue weighted by Gasteiger charge is -2.30. The van der Waals surface area contributed by atoms with Gasteiger partial charge in [0.05, 0.1) is 22.8 Å². The van der Waals surface area contributed by atoms with Crippen LogP contribution in [0.2, 0.25) is 10.0 Å². The number of carbonyl (C=O) groups excluding carboxylic acids is 1. The van der Waals surface area contributed by atoms with Gasteiger partial charge in [0, 0.05) is 25.2 Å². The molecule has 0 radical (unpaired) electrons. The first-order chi connectivity index (χ1) is 12.0. The maximum absolute atomic E-state index is 12.7. The number of aryl methyl sites for hydroxylation is 1. The van der Waals surface area contributed by atoms with Crippen molar-refractivity contribution in [3.63, 3.8) is 0 Å². The number of hydrogen-bond donors (Lipinski definition) is 1. The summed E-state index contributed by atoms with van der Waals surface area (Å²) in [5.41, 5.74) is 1.16. The van der Waals surface area contributed by atoms with Crippen LogP contribution in [-0.4, -0.2) is 55.4 Å². The summed E-state index contributed by atoms with van der Waals surface area (Å²) in [5, 5.41) is 7.70. The van der Waals surface area contributed by atoms with Crippen LogP contribution in [0.3, 0.4) is 0 Å². The number of carbonyl (C=O) groups is 1. The molecule has 2 heterocycles. The van der Waals surface area contributed by atoms with Crippen LogP contribution >= 0.6 is 23.2 Å². The number of likely N-dealkylation sites (N-methyl/N-ethyl adjacent to an activating group) is 1. The van der Waals surface area contributed by atoms with Gasteiger partial charge < -0.3 is 19.5 Å². The van der Waals surface area contributed by atoms with Crippen molar-refractivity contribution in [3.8, 4) is 11.3 Å². The van der Waals surface area contributed by atoms with E-state index in [9.17, 15) is 4.79 Å². The SMILES string of the molecule is Cc1onc(-c2c(Cl)cccc2Cl)c1C(=O)NCC1CN(C)CCO1. The predicted octanol–water partition coefficient (Wildman–Crippen LogP) is 3.02. The van der Waals surface area contributed by atoms with Gasteiger partial charge in [-0.05, 0) is 26.1 Å². The van der Waals surface area contributed by atoms with Crippen LogP contribution in [0, 0.1) is 6.92 Å². The van der Waals surface area contributed by atoms with Crippen molar-refractivity contribution < 1.29 is 14.1 Å². The predicted molar refractivity (Wildman–Crippen MR) is 96.3 cm³/mol. The Bertz CT molecular complexity index is 758. The molecule has 1 aromatic carbocycles. The third-order valence-electron chi connectivity index (χ3n) is 4.12. The number of amides is 1. The summed E-state index contributed by atoms with van der Waals surface area (Å²) in [6.45, 7) is 4.41. The average Bonchev–Trinajstić information content (AvgIpc) is 2.94. The van der Waals surface area contributed by atoms with Gasteiger partial charge in [-0.15, -0.1) is 0 Å². The number of nitrogens with one attached hydrogen (secondary N) is 1. The number of aromatic nitrogens is 1. The lowest BCUT2D eigenvalue weighted by Crippen LogP contribution is -2.46. The Morgan fingerprint density at radius 2 is 2.12 bits per heavy atom. The molecule has 1 saturated heterocycles. The summed E-state index contributed by atoms with van der Waals surface area (Å²) in [4.78, 5) is 14.9. The minimum atomic E-state index is -0.290. The molecule has 2 aromatic rings. The van der Waals surface area contributed by atoms with Gasteiger partial charge in [0.15, 0.2) is 0 Å². The van der Waals surface area contributed by atoms with Crippen molar-refractivity contribution in [1.29, 1.82) is 0 Å². The van der Waals surface area contributed by atoms with Crippen LogP contribution in [0.1, 0.15) is 16.1 Å². The summed E-state index contributed by atoms with van der Waals surface area (Å²) in [6.07, 6.45) is -0.0461. The number of rotatable bonds is 4. The highest BCUT2D eigenvalue weighted by molar-refractivity contribution is 6.39. The fourth-order valence-corrected chi connectivity index (χ4v) is 3.40. The number of morpholine rings is 1. The van der Waals surface area contributed by atoms with Crippen molar-refractivity contribution in [2.24, 2.45) is 0 Å². The minimum absolute atomic E-state index is 0.0461. The Labute approximate surface area is 156 Å². The number of benzene rings is 1. The molecule has 25 heavy (non-hydrogen) atoms. The monoisotopic (exact) mass is 383 g/mol.